The summed E-state index contributed by atoms with van der Waals surface area (Å²) in [5, 5.41) is 2.60. The Kier molecular flexibility index (Phi) is 6.59. The molecule has 2 aromatic rings. The minimum Gasteiger partial charge on any atom is -0.427 e. The van der Waals surface area contributed by atoms with E-state index in [-0.39, 0.29) is 4.91 Å². The third-order valence-corrected chi connectivity index (χ3v) is 5.23. The van der Waals surface area contributed by atoms with Crippen LogP contribution in [0.3, 0.4) is 0 Å². The number of amides is 3. The number of hydrogen-bond donors (Lipinski definition) is 1. The molecule has 1 heterocycles. The lowest BCUT2D eigenvalue weighted by molar-refractivity contribution is -0.131. The van der Waals surface area contributed by atoms with Crippen molar-refractivity contribution in [3.05, 3.63) is 63.5 Å². The van der Waals surface area contributed by atoms with E-state index < -0.39 is 29.6 Å². The molecule has 1 aliphatic heterocycles. The van der Waals surface area contributed by atoms with E-state index in [1.54, 1.807) is 48.5 Å². The largest absolute Gasteiger partial charge is 0.427 e. The molecule has 154 valence electrons. The van der Waals surface area contributed by atoms with Crippen LogP contribution in [-0.2, 0) is 14.4 Å². The summed E-state index contributed by atoms with van der Waals surface area (Å²) in [7, 11) is 0. The van der Waals surface area contributed by atoms with Crippen molar-refractivity contribution < 1.29 is 23.9 Å². The molecule has 7 nitrogen and oxygen atoms in total. The fourth-order valence-corrected chi connectivity index (χ4v) is 3.66. The number of imide groups is 1. The number of nitrogens with zero attached hydrogens (tertiary/aromatic N) is 1. The van der Waals surface area contributed by atoms with Crippen LogP contribution >= 0.6 is 23.4 Å². The molecule has 1 fully saturated rings. The van der Waals surface area contributed by atoms with Gasteiger partial charge in [-0.2, -0.15) is 0 Å². The van der Waals surface area contributed by atoms with Gasteiger partial charge >= 0.3 is 5.97 Å². The highest BCUT2D eigenvalue weighted by Gasteiger charge is 2.36. The van der Waals surface area contributed by atoms with Crippen molar-refractivity contribution in [3.8, 4) is 5.75 Å². The fourth-order valence-electron chi connectivity index (χ4n) is 2.65. The van der Waals surface area contributed by atoms with Gasteiger partial charge in [-0.05, 0) is 60.2 Å². The van der Waals surface area contributed by atoms with E-state index >= 15 is 0 Å². The van der Waals surface area contributed by atoms with E-state index in [2.05, 4.69) is 5.32 Å². The summed E-state index contributed by atoms with van der Waals surface area (Å²) in [5.74, 6) is -1.11. The summed E-state index contributed by atoms with van der Waals surface area (Å²) in [6, 6.07) is 11.5. The molecule has 1 N–H and O–H groups in total. The predicted octanol–water partition coefficient (Wildman–Crippen LogP) is 4.25. The summed E-state index contributed by atoms with van der Waals surface area (Å²) >= 11 is 6.70. The second-order valence-corrected chi connectivity index (χ2v) is 7.87. The lowest BCUT2D eigenvalue weighted by atomic mass is 10.2. The second-order valence-electron chi connectivity index (χ2n) is 6.44. The van der Waals surface area contributed by atoms with Crippen LogP contribution in [0.4, 0.5) is 10.5 Å². The van der Waals surface area contributed by atoms with Crippen LogP contribution in [0, 0.1) is 6.92 Å². The van der Waals surface area contributed by atoms with Crippen molar-refractivity contribution in [1.82, 2.24) is 4.90 Å². The molecule has 1 aliphatic rings. The van der Waals surface area contributed by atoms with Gasteiger partial charge in [0.1, 0.15) is 12.3 Å². The number of nitrogens with one attached hydrogen (secondary N) is 1. The average molecular weight is 445 g/mol. The number of rotatable bonds is 5. The zero-order valence-corrected chi connectivity index (χ0v) is 17.7. The molecule has 0 aromatic heterocycles. The van der Waals surface area contributed by atoms with Crippen LogP contribution < -0.4 is 10.1 Å². The highest BCUT2D eigenvalue weighted by atomic mass is 35.5. The molecule has 0 spiro atoms. The molecule has 0 unspecified atom stereocenters. The number of hydrogen-bond acceptors (Lipinski definition) is 6. The molecule has 0 bridgehead atoms. The van der Waals surface area contributed by atoms with Gasteiger partial charge < -0.3 is 10.1 Å². The number of carbonyl (C=O) groups excluding carboxylic acids is 4. The van der Waals surface area contributed by atoms with Gasteiger partial charge in [0.15, 0.2) is 0 Å². The summed E-state index contributed by atoms with van der Waals surface area (Å²) in [6.07, 6.45) is 1.54. The monoisotopic (exact) mass is 444 g/mol. The first-order chi connectivity index (χ1) is 14.2. The van der Waals surface area contributed by atoms with Crippen molar-refractivity contribution in [1.29, 1.82) is 0 Å². The Bertz CT molecular complexity index is 1070. The van der Waals surface area contributed by atoms with Gasteiger partial charge in [-0.1, -0.05) is 29.8 Å². The standard InChI is InChI=1S/C21H17ClN2O5S/c1-12-3-6-15(22)10-17(12)23-19(26)11-24-20(27)18(30-21(24)28)9-14-4-7-16(8-5-14)29-13(2)25/h3-10H,11H2,1-2H3,(H,23,26)/b18-9+. The highest BCUT2D eigenvalue weighted by molar-refractivity contribution is 8.18. The molecule has 3 amide bonds. The number of halogens is 1. The van der Waals surface area contributed by atoms with Crippen LogP contribution in [0.1, 0.15) is 18.1 Å². The van der Waals surface area contributed by atoms with Crippen LogP contribution in [0.2, 0.25) is 5.02 Å². The average Bonchev–Trinajstić information content (AvgIpc) is 2.93. The van der Waals surface area contributed by atoms with Gasteiger partial charge in [-0.15, -0.1) is 0 Å². The number of benzene rings is 2. The predicted molar refractivity (Wildman–Crippen MR) is 115 cm³/mol. The number of anilines is 1. The number of ether oxygens (including phenoxy) is 1. The number of thioether (sulfide) groups is 1. The molecular weight excluding hydrogens is 428 g/mol. The Labute approximate surface area is 182 Å². The van der Waals surface area contributed by atoms with Gasteiger partial charge in [-0.3, -0.25) is 24.1 Å². The maximum absolute atomic E-state index is 12.6. The summed E-state index contributed by atoms with van der Waals surface area (Å²) < 4.78 is 4.96. The zero-order valence-electron chi connectivity index (χ0n) is 16.1. The third kappa shape index (κ3) is 5.28. The molecule has 30 heavy (non-hydrogen) atoms. The first kappa shape index (κ1) is 21.6. The maximum atomic E-state index is 12.6. The van der Waals surface area contributed by atoms with Crippen molar-refractivity contribution in [3.63, 3.8) is 0 Å². The highest BCUT2D eigenvalue weighted by Crippen LogP contribution is 2.32. The van der Waals surface area contributed by atoms with Crippen LogP contribution in [-0.4, -0.2) is 34.5 Å². The first-order valence-electron chi connectivity index (χ1n) is 8.83. The fraction of sp³-hybridized carbons (Fsp3) is 0.143. The molecule has 0 aliphatic carbocycles. The first-order valence-corrected chi connectivity index (χ1v) is 10.0. The molecule has 0 radical (unpaired) electrons. The lowest BCUT2D eigenvalue weighted by Gasteiger charge is -2.13. The van der Waals surface area contributed by atoms with Gasteiger partial charge in [0.25, 0.3) is 11.1 Å². The third-order valence-electron chi connectivity index (χ3n) is 4.09. The SMILES string of the molecule is CC(=O)Oc1ccc(/C=C2/SC(=O)N(CC(=O)Nc3cc(Cl)ccc3C)C2=O)cc1. The quantitative estimate of drug-likeness (QED) is 0.421. The Hall–Kier alpha value is -3.10. The van der Waals surface area contributed by atoms with E-state index in [4.69, 9.17) is 16.3 Å². The van der Waals surface area contributed by atoms with Gasteiger partial charge in [0.2, 0.25) is 5.91 Å². The molecule has 0 atom stereocenters. The molecule has 9 heteroatoms. The molecular formula is C21H17ClN2O5S. The maximum Gasteiger partial charge on any atom is 0.308 e. The smallest absolute Gasteiger partial charge is 0.308 e. The van der Waals surface area contributed by atoms with Gasteiger partial charge in [0.05, 0.1) is 4.91 Å². The van der Waals surface area contributed by atoms with Crippen LogP contribution in [0.25, 0.3) is 6.08 Å². The van der Waals surface area contributed by atoms with E-state index in [9.17, 15) is 19.2 Å². The van der Waals surface area contributed by atoms with E-state index in [1.165, 1.54) is 6.92 Å². The molecule has 1 saturated heterocycles. The summed E-state index contributed by atoms with van der Waals surface area (Å²) in [6.45, 7) is 2.70. The molecule has 3 rings (SSSR count). The second kappa shape index (κ2) is 9.15. The normalized spacial score (nSPS) is 14.9. The van der Waals surface area contributed by atoms with Crippen molar-refractivity contribution in [2.45, 2.75) is 13.8 Å². The molecule has 0 saturated carbocycles. The lowest BCUT2D eigenvalue weighted by Crippen LogP contribution is -2.36. The Morgan fingerprint density at radius 3 is 2.53 bits per heavy atom. The van der Waals surface area contributed by atoms with Gasteiger partial charge in [-0.25, -0.2) is 0 Å². The minimum absolute atomic E-state index is 0.201. The topological polar surface area (TPSA) is 92.8 Å². The zero-order chi connectivity index (χ0) is 21.8. The Balaban J connectivity index is 1.68. The van der Waals surface area contributed by atoms with E-state index in [1.807, 2.05) is 6.92 Å². The van der Waals surface area contributed by atoms with Gasteiger partial charge in [0, 0.05) is 17.6 Å². The van der Waals surface area contributed by atoms with Crippen LogP contribution in [0.5, 0.6) is 5.75 Å². The summed E-state index contributed by atoms with van der Waals surface area (Å²) in [5.41, 5.74) is 1.97. The number of aryl methyl sites for hydroxylation is 1. The van der Waals surface area contributed by atoms with E-state index in [0.29, 0.717) is 22.0 Å². The minimum atomic E-state index is -0.549. The van der Waals surface area contributed by atoms with Crippen molar-refractivity contribution in [2.75, 3.05) is 11.9 Å². The van der Waals surface area contributed by atoms with E-state index in [0.717, 1.165) is 22.2 Å². The van der Waals surface area contributed by atoms with Crippen LogP contribution in [0.15, 0.2) is 47.4 Å². The number of esters is 1. The Morgan fingerprint density at radius 2 is 1.87 bits per heavy atom. The summed E-state index contributed by atoms with van der Waals surface area (Å²) in [4.78, 5) is 49.2. The number of carbonyl (C=O) groups is 4. The van der Waals surface area contributed by atoms with Crippen molar-refractivity contribution >= 4 is 58.1 Å². The Morgan fingerprint density at radius 1 is 1.17 bits per heavy atom. The van der Waals surface area contributed by atoms with Crippen molar-refractivity contribution in [2.24, 2.45) is 0 Å². The molecule has 2 aromatic carbocycles.